The van der Waals surface area contributed by atoms with E-state index >= 15 is 0 Å². The summed E-state index contributed by atoms with van der Waals surface area (Å²) in [6.07, 6.45) is 1.74. The molecular weight excluding hydrogens is 300 g/mol. The highest BCUT2D eigenvalue weighted by Crippen LogP contribution is 2.33. The van der Waals surface area contributed by atoms with Gasteiger partial charge >= 0.3 is 0 Å². The molecule has 0 radical (unpaired) electrons. The van der Waals surface area contributed by atoms with Crippen LogP contribution in [0.25, 0.3) is 0 Å². The quantitative estimate of drug-likeness (QED) is 0.626. The Morgan fingerprint density at radius 1 is 0.833 bits per heavy atom. The Hall–Kier alpha value is -1.84. The van der Waals surface area contributed by atoms with Gasteiger partial charge in [-0.3, -0.25) is 0 Å². The van der Waals surface area contributed by atoms with Crippen LogP contribution in [0.5, 0.6) is 5.75 Å². The molecule has 1 unspecified atom stereocenters. The summed E-state index contributed by atoms with van der Waals surface area (Å²) < 4.78 is 17.7. The average Bonchev–Trinajstić information content (AvgIpc) is 2.67. The summed E-state index contributed by atoms with van der Waals surface area (Å²) in [4.78, 5) is 0. The van der Waals surface area contributed by atoms with Crippen LogP contribution in [0.1, 0.15) is 32.3 Å². The summed E-state index contributed by atoms with van der Waals surface area (Å²) in [7, 11) is 1.70. The third-order valence-corrected chi connectivity index (χ3v) is 4.50. The number of hydrogen-bond donors (Lipinski definition) is 0. The van der Waals surface area contributed by atoms with Crippen LogP contribution in [0.2, 0.25) is 0 Å². The van der Waals surface area contributed by atoms with Crippen LogP contribution < -0.4 is 4.74 Å². The first-order chi connectivity index (χ1) is 11.7. The maximum absolute atomic E-state index is 6.35. The maximum atomic E-state index is 6.35. The zero-order valence-corrected chi connectivity index (χ0v) is 14.9. The van der Waals surface area contributed by atoms with E-state index in [0.29, 0.717) is 13.2 Å². The van der Waals surface area contributed by atoms with Crippen molar-refractivity contribution in [2.24, 2.45) is 0 Å². The molecule has 0 N–H and O–H groups in total. The molecule has 2 aromatic carbocycles. The van der Waals surface area contributed by atoms with Gasteiger partial charge in [0.25, 0.3) is 0 Å². The summed E-state index contributed by atoms with van der Waals surface area (Å²) in [5.41, 5.74) is 0.943. The highest BCUT2D eigenvalue weighted by atomic mass is 16.6. The van der Waals surface area contributed by atoms with Gasteiger partial charge in [-0.25, -0.2) is 0 Å². The predicted octanol–water partition coefficient (Wildman–Crippen LogP) is 4.81. The molecular formula is C21H28O3. The molecule has 130 valence electrons. The molecule has 0 aromatic heterocycles. The van der Waals surface area contributed by atoms with Crippen LogP contribution >= 0.6 is 0 Å². The molecule has 0 amide bonds. The van der Waals surface area contributed by atoms with Crippen molar-refractivity contribution in [2.45, 2.75) is 38.4 Å². The van der Waals surface area contributed by atoms with E-state index in [-0.39, 0.29) is 11.7 Å². The Balaban J connectivity index is 1.96. The SMILES string of the molecule is CCC(CC)(OCC(COc1ccccc1)OC)c1ccccc1. The van der Waals surface area contributed by atoms with Crippen LogP contribution in [-0.4, -0.2) is 26.4 Å². The molecule has 2 aromatic rings. The van der Waals surface area contributed by atoms with Crippen molar-refractivity contribution >= 4 is 0 Å². The molecule has 0 bridgehead atoms. The van der Waals surface area contributed by atoms with Gasteiger partial charge in [-0.15, -0.1) is 0 Å². The Labute approximate surface area is 145 Å². The molecule has 0 aliphatic rings. The highest BCUT2D eigenvalue weighted by molar-refractivity contribution is 5.22. The number of ether oxygens (including phenoxy) is 3. The molecule has 0 saturated heterocycles. The molecule has 1 atom stereocenters. The van der Waals surface area contributed by atoms with Crippen LogP contribution in [0.4, 0.5) is 0 Å². The van der Waals surface area contributed by atoms with Gasteiger partial charge in [0.1, 0.15) is 18.5 Å². The number of hydrogen-bond acceptors (Lipinski definition) is 3. The van der Waals surface area contributed by atoms with Crippen molar-refractivity contribution in [3.63, 3.8) is 0 Å². The lowest BCUT2D eigenvalue weighted by Gasteiger charge is -2.34. The smallest absolute Gasteiger partial charge is 0.119 e. The third kappa shape index (κ3) is 4.83. The lowest BCUT2D eigenvalue weighted by atomic mass is 9.88. The highest BCUT2D eigenvalue weighted by Gasteiger charge is 2.30. The summed E-state index contributed by atoms with van der Waals surface area (Å²) in [5, 5.41) is 0. The average molecular weight is 328 g/mol. The van der Waals surface area contributed by atoms with Crippen LogP contribution in [-0.2, 0) is 15.1 Å². The normalized spacial score (nSPS) is 12.8. The second kappa shape index (κ2) is 9.45. The van der Waals surface area contributed by atoms with Gasteiger partial charge in [0, 0.05) is 7.11 Å². The van der Waals surface area contributed by atoms with Crippen LogP contribution in [0.3, 0.4) is 0 Å². The topological polar surface area (TPSA) is 27.7 Å². The lowest BCUT2D eigenvalue weighted by Crippen LogP contribution is -2.35. The number of benzene rings is 2. The maximum Gasteiger partial charge on any atom is 0.119 e. The van der Waals surface area contributed by atoms with Crippen molar-refractivity contribution in [1.29, 1.82) is 0 Å². The van der Waals surface area contributed by atoms with Crippen molar-refractivity contribution in [3.8, 4) is 5.75 Å². The van der Waals surface area contributed by atoms with Gasteiger partial charge < -0.3 is 14.2 Å². The fraction of sp³-hybridized carbons (Fsp3) is 0.429. The minimum atomic E-state index is -0.273. The van der Waals surface area contributed by atoms with Crippen LogP contribution in [0, 0.1) is 0 Å². The van der Waals surface area contributed by atoms with Crippen molar-refractivity contribution in [2.75, 3.05) is 20.3 Å². The number of para-hydroxylation sites is 1. The zero-order valence-electron chi connectivity index (χ0n) is 14.9. The standard InChI is InChI=1S/C21H28O3/c1-4-21(5-2,18-12-8-6-9-13-18)24-17-20(22-3)16-23-19-14-10-7-11-15-19/h6-15,20H,4-5,16-17H2,1-3H3. The summed E-state index contributed by atoms with van der Waals surface area (Å²) >= 11 is 0. The van der Waals surface area contributed by atoms with E-state index < -0.39 is 0 Å². The zero-order chi connectivity index (χ0) is 17.3. The van der Waals surface area contributed by atoms with E-state index in [1.807, 2.05) is 36.4 Å². The van der Waals surface area contributed by atoms with Crippen LogP contribution in [0.15, 0.2) is 60.7 Å². The lowest BCUT2D eigenvalue weighted by molar-refractivity contribution is -0.105. The summed E-state index contributed by atoms with van der Waals surface area (Å²) in [5.74, 6) is 0.847. The fourth-order valence-electron chi connectivity index (χ4n) is 2.83. The van der Waals surface area contributed by atoms with Gasteiger partial charge in [-0.05, 0) is 30.5 Å². The largest absolute Gasteiger partial charge is 0.491 e. The Morgan fingerprint density at radius 2 is 1.42 bits per heavy atom. The molecule has 3 heteroatoms. The van der Waals surface area contributed by atoms with E-state index in [2.05, 4.69) is 38.1 Å². The van der Waals surface area contributed by atoms with E-state index in [4.69, 9.17) is 14.2 Å². The first-order valence-corrected chi connectivity index (χ1v) is 8.64. The van der Waals surface area contributed by atoms with Gasteiger partial charge in [0.05, 0.1) is 12.2 Å². The van der Waals surface area contributed by atoms with Gasteiger partial charge in [-0.1, -0.05) is 62.4 Å². The Bertz CT molecular complexity index is 564. The minimum absolute atomic E-state index is 0.105. The Kier molecular flexibility index (Phi) is 7.29. The first-order valence-electron chi connectivity index (χ1n) is 8.64. The number of rotatable bonds is 10. The Morgan fingerprint density at radius 3 is 1.96 bits per heavy atom. The molecule has 0 aliphatic carbocycles. The molecule has 0 aliphatic heterocycles. The van der Waals surface area contributed by atoms with Gasteiger partial charge in [-0.2, -0.15) is 0 Å². The van der Waals surface area contributed by atoms with Gasteiger partial charge in [0.15, 0.2) is 0 Å². The second-order valence-corrected chi connectivity index (χ2v) is 5.86. The van der Waals surface area contributed by atoms with Gasteiger partial charge in [0.2, 0.25) is 0 Å². The first kappa shape index (κ1) is 18.5. The molecule has 0 saturated carbocycles. The van der Waals surface area contributed by atoms with Crippen molar-refractivity contribution < 1.29 is 14.2 Å². The third-order valence-electron chi connectivity index (χ3n) is 4.50. The molecule has 0 fully saturated rings. The van der Waals surface area contributed by atoms with E-state index in [1.165, 1.54) is 5.56 Å². The molecule has 2 rings (SSSR count). The molecule has 0 heterocycles. The molecule has 24 heavy (non-hydrogen) atoms. The van der Waals surface area contributed by atoms with E-state index in [1.54, 1.807) is 7.11 Å². The number of methoxy groups -OCH3 is 1. The molecule has 0 spiro atoms. The fourth-order valence-corrected chi connectivity index (χ4v) is 2.83. The monoisotopic (exact) mass is 328 g/mol. The van der Waals surface area contributed by atoms with E-state index in [9.17, 15) is 0 Å². The minimum Gasteiger partial charge on any atom is -0.491 e. The predicted molar refractivity (Wildman–Crippen MR) is 97.4 cm³/mol. The molecule has 3 nitrogen and oxygen atoms in total. The van der Waals surface area contributed by atoms with Crippen molar-refractivity contribution in [3.05, 3.63) is 66.2 Å². The second-order valence-electron chi connectivity index (χ2n) is 5.86. The van der Waals surface area contributed by atoms with Crippen molar-refractivity contribution in [1.82, 2.24) is 0 Å². The summed E-state index contributed by atoms with van der Waals surface area (Å²) in [6.45, 7) is 5.30. The van der Waals surface area contributed by atoms with E-state index in [0.717, 1.165) is 18.6 Å². The summed E-state index contributed by atoms with van der Waals surface area (Å²) in [6, 6.07) is 20.2.